The Morgan fingerprint density at radius 3 is 2.72 bits per heavy atom. The highest BCUT2D eigenvalue weighted by Gasteiger charge is 2.52. The van der Waals surface area contributed by atoms with Crippen LogP contribution in [0.25, 0.3) is 0 Å². The number of benzene rings is 1. The number of hydrogen-bond acceptors (Lipinski definition) is 4. The van der Waals surface area contributed by atoms with Crippen molar-refractivity contribution in [2.24, 2.45) is 11.3 Å². The van der Waals surface area contributed by atoms with Crippen molar-refractivity contribution in [3.63, 3.8) is 0 Å². The number of rotatable bonds is 6. The molecular formula is C24H28Cl2N4O2. The molecule has 1 saturated carbocycles. The second-order valence-electron chi connectivity index (χ2n) is 10.0. The number of carbonyl (C=O) groups is 1. The first kappa shape index (κ1) is 21.9. The Labute approximate surface area is 197 Å². The average molecular weight is 475 g/mol. The van der Waals surface area contributed by atoms with Gasteiger partial charge in [0, 0.05) is 32.7 Å². The second-order valence-corrected chi connectivity index (χ2v) is 10.8. The number of halogens is 2. The van der Waals surface area contributed by atoms with Crippen LogP contribution in [0.5, 0.6) is 0 Å². The lowest BCUT2D eigenvalue weighted by Crippen LogP contribution is -2.64. The van der Waals surface area contributed by atoms with Gasteiger partial charge in [0.2, 0.25) is 0 Å². The Kier molecular flexibility index (Phi) is 5.59. The van der Waals surface area contributed by atoms with E-state index >= 15 is 0 Å². The molecule has 1 unspecified atom stereocenters. The lowest BCUT2D eigenvalue weighted by Gasteiger charge is -2.61. The third-order valence-electron chi connectivity index (χ3n) is 7.67. The first-order valence-electron chi connectivity index (χ1n) is 11.3. The van der Waals surface area contributed by atoms with Gasteiger partial charge in [-0.15, -0.1) is 0 Å². The molecule has 1 aromatic heterocycles. The van der Waals surface area contributed by atoms with E-state index < -0.39 is 0 Å². The maximum Gasteiger partial charge on any atom is 0.283 e. The van der Waals surface area contributed by atoms with Crippen LogP contribution < -0.4 is 5.56 Å². The molecule has 6 nitrogen and oxygen atoms in total. The third kappa shape index (κ3) is 3.76. The fraction of sp³-hybridized carbons (Fsp3) is 0.542. The van der Waals surface area contributed by atoms with Gasteiger partial charge in [-0.05, 0) is 73.1 Å². The predicted molar refractivity (Wildman–Crippen MR) is 125 cm³/mol. The summed E-state index contributed by atoms with van der Waals surface area (Å²) in [5.41, 5.74) is 4.09. The van der Waals surface area contributed by atoms with Gasteiger partial charge in [0.05, 0.1) is 16.8 Å². The highest BCUT2D eigenvalue weighted by atomic mass is 35.5. The van der Waals surface area contributed by atoms with Crippen LogP contribution in [-0.2, 0) is 19.4 Å². The minimum Gasteiger partial charge on any atom is -0.337 e. The van der Waals surface area contributed by atoms with Crippen LogP contribution in [-0.4, -0.2) is 52.1 Å². The van der Waals surface area contributed by atoms with Gasteiger partial charge in [-0.3, -0.25) is 14.5 Å². The molecule has 1 N–H and O–H groups in total. The Bertz CT molecular complexity index is 1120. The summed E-state index contributed by atoms with van der Waals surface area (Å²) in [6, 6.07) is 4.45. The monoisotopic (exact) mass is 474 g/mol. The average Bonchev–Trinajstić information content (AvgIpc) is 3.01. The molecule has 1 amide bonds. The summed E-state index contributed by atoms with van der Waals surface area (Å²) in [5.74, 6) is 0.720. The van der Waals surface area contributed by atoms with Crippen molar-refractivity contribution in [2.75, 3.05) is 20.1 Å². The normalized spacial score (nSPS) is 20.9. The van der Waals surface area contributed by atoms with Crippen molar-refractivity contribution in [3.05, 3.63) is 61.0 Å². The molecular weight excluding hydrogens is 447 g/mol. The van der Waals surface area contributed by atoms with Gasteiger partial charge in [-0.2, -0.15) is 5.10 Å². The van der Waals surface area contributed by atoms with Crippen LogP contribution in [0.1, 0.15) is 53.2 Å². The number of aryl methyl sites for hydroxylation is 1. The number of H-pyrrole nitrogens is 1. The molecule has 170 valence electrons. The molecule has 1 spiro atoms. The van der Waals surface area contributed by atoms with Gasteiger partial charge in [-0.25, -0.2) is 5.10 Å². The molecule has 1 aromatic carbocycles. The first-order chi connectivity index (χ1) is 15.3. The van der Waals surface area contributed by atoms with Gasteiger partial charge in [0.1, 0.15) is 5.02 Å². The molecule has 3 heterocycles. The minimum absolute atomic E-state index is 0.0396. The Morgan fingerprint density at radius 1 is 1.22 bits per heavy atom. The molecule has 2 fully saturated rings. The van der Waals surface area contributed by atoms with Crippen molar-refractivity contribution >= 4 is 29.1 Å². The largest absolute Gasteiger partial charge is 0.337 e. The number of carbonyl (C=O) groups excluding carboxylic acids is 1. The van der Waals surface area contributed by atoms with E-state index in [-0.39, 0.29) is 16.5 Å². The zero-order valence-corrected chi connectivity index (χ0v) is 20.0. The number of hydrogen-bond donors (Lipinski definition) is 1. The molecule has 0 bridgehead atoms. The van der Waals surface area contributed by atoms with Crippen LogP contribution in [0, 0.1) is 11.3 Å². The SMILES string of the molecule is CC(CCc1cn[nH]c(=O)c1Cl)N1CC2(CC(Cc3ccc(Cl)c4c3CN(C)C4=O)C2)C1. The van der Waals surface area contributed by atoms with Gasteiger partial charge < -0.3 is 4.90 Å². The highest BCUT2D eigenvalue weighted by molar-refractivity contribution is 6.34. The summed E-state index contributed by atoms with van der Waals surface area (Å²) in [6.45, 7) is 5.21. The van der Waals surface area contributed by atoms with Gasteiger partial charge in [0.25, 0.3) is 11.5 Å². The summed E-state index contributed by atoms with van der Waals surface area (Å²) < 4.78 is 0. The fourth-order valence-corrected chi connectivity index (χ4v) is 6.36. The zero-order valence-electron chi connectivity index (χ0n) is 18.5. The Hall–Kier alpha value is -1.89. The van der Waals surface area contributed by atoms with E-state index in [1.165, 1.54) is 18.4 Å². The standard InChI is InChI=1S/C24H28Cl2N4O2/c1-14(3-4-17-10-27-28-22(31)21(17)26)30-12-24(13-30)8-15(9-24)7-16-5-6-19(25)20-18(16)11-29(2)23(20)32/h5-6,10,14-15H,3-4,7-9,11-13H2,1-2H3,(H,28,31). The number of fused-ring (bicyclic) bond motifs is 1. The summed E-state index contributed by atoms with van der Waals surface area (Å²) in [4.78, 5) is 28.3. The second kappa shape index (κ2) is 8.15. The van der Waals surface area contributed by atoms with Crippen LogP contribution in [0.2, 0.25) is 10.0 Å². The number of nitrogens with one attached hydrogen (secondary N) is 1. The number of amides is 1. The smallest absolute Gasteiger partial charge is 0.283 e. The van der Waals surface area contributed by atoms with E-state index in [4.69, 9.17) is 23.2 Å². The topological polar surface area (TPSA) is 69.3 Å². The predicted octanol–water partition coefficient (Wildman–Crippen LogP) is 3.94. The maximum absolute atomic E-state index is 12.4. The quantitative estimate of drug-likeness (QED) is 0.688. The minimum atomic E-state index is -0.317. The van der Waals surface area contributed by atoms with E-state index in [2.05, 4.69) is 28.1 Å². The summed E-state index contributed by atoms with van der Waals surface area (Å²) in [5, 5.41) is 7.06. The van der Waals surface area contributed by atoms with Crippen LogP contribution in [0.4, 0.5) is 0 Å². The van der Waals surface area contributed by atoms with Crippen LogP contribution in [0.3, 0.4) is 0 Å². The molecule has 0 radical (unpaired) electrons. The van der Waals surface area contributed by atoms with Crippen LogP contribution >= 0.6 is 23.2 Å². The molecule has 32 heavy (non-hydrogen) atoms. The molecule has 2 aromatic rings. The molecule has 3 aliphatic rings. The van der Waals surface area contributed by atoms with E-state index in [1.54, 1.807) is 11.1 Å². The van der Waals surface area contributed by atoms with E-state index in [0.29, 0.717) is 34.5 Å². The van der Waals surface area contributed by atoms with Crippen molar-refractivity contribution in [1.82, 2.24) is 20.0 Å². The summed E-state index contributed by atoms with van der Waals surface area (Å²) >= 11 is 12.4. The van der Waals surface area contributed by atoms with E-state index in [1.807, 2.05) is 13.1 Å². The van der Waals surface area contributed by atoms with Gasteiger partial charge in [0.15, 0.2) is 0 Å². The lowest BCUT2D eigenvalue weighted by atomic mass is 9.56. The number of likely N-dealkylation sites (tertiary alicyclic amines) is 1. The van der Waals surface area contributed by atoms with Crippen molar-refractivity contribution in [3.8, 4) is 0 Å². The molecule has 5 rings (SSSR count). The van der Waals surface area contributed by atoms with Gasteiger partial charge in [-0.1, -0.05) is 29.3 Å². The van der Waals surface area contributed by atoms with Crippen molar-refractivity contribution in [2.45, 2.75) is 51.6 Å². The van der Waals surface area contributed by atoms with Crippen LogP contribution in [0.15, 0.2) is 23.1 Å². The van der Waals surface area contributed by atoms with Gasteiger partial charge >= 0.3 is 0 Å². The lowest BCUT2D eigenvalue weighted by molar-refractivity contribution is -0.111. The fourth-order valence-electron chi connectivity index (χ4n) is 5.91. The summed E-state index contributed by atoms with van der Waals surface area (Å²) in [6.07, 6.45) is 6.92. The molecule has 1 atom stereocenters. The van der Waals surface area contributed by atoms with E-state index in [9.17, 15) is 9.59 Å². The molecule has 1 saturated heterocycles. The van der Waals surface area contributed by atoms with Crippen molar-refractivity contribution in [1.29, 1.82) is 0 Å². The van der Waals surface area contributed by atoms with E-state index in [0.717, 1.165) is 43.5 Å². The third-order valence-corrected chi connectivity index (χ3v) is 8.40. The molecule has 1 aliphatic carbocycles. The maximum atomic E-state index is 12.4. The zero-order chi connectivity index (χ0) is 22.6. The Balaban J connectivity index is 1.12. The Morgan fingerprint density at radius 2 is 1.97 bits per heavy atom. The number of nitrogens with zero attached hydrogens (tertiary/aromatic N) is 3. The molecule has 2 aliphatic heterocycles. The summed E-state index contributed by atoms with van der Waals surface area (Å²) in [7, 11) is 1.84. The highest BCUT2D eigenvalue weighted by Crippen LogP contribution is 2.54. The van der Waals surface area contributed by atoms with Crippen molar-refractivity contribution < 1.29 is 4.79 Å². The number of aromatic nitrogens is 2. The first-order valence-corrected chi connectivity index (χ1v) is 12.0. The molecule has 8 heteroatoms. The number of aromatic amines is 1.